The van der Waals surface area contributed by atoms with Crippen LogP contribution >= 0.6 is 11.3 Å². The molecule has 1 aromatic rings. The van der Waals surface area contributed by atoms with Crippen molar-refractivity contribution in [1.29, 1.82) is 0 Å². The number of hydrogen-bond donors (Lipinski definition) is 2. The van der Waals surface area contributed by atoms with E-state index in [0.717, 1.165) is 45.7 Å². The van der Waals surface area contributed by atoms with Gasteiger partial charge in [-0.05, 0) is 61.2 Å². The van der Waals surface area contributed by atoms with Gasteiger partial charge in [-0.1, -0.05) is 0 Å². The first-order valence-corrected chi connectivity index (χ1v) is 9.41. The molecular formula is C17H25N3OS. The van der Waals surface area contributed by atoms with Gasteiger partial charge in [0.05, 0.1) is 0 Å². The van der Waals surface area contributed by atoms with E-state index in [-0.39, 0.29) is 0 Å². The highest BCUT2D eigenvalue weighted by molar-refractivity contribution is 7.10. The van der Waals surface area contributed by atoms with Crippen molar-refractivity contribution in [3.63, 3.8) is 0 Å². The summed E-state index contributed by atoms with van der Waals surface area (Å²) in [5.74, 6) is 0.592. The van der Waals surface area contributed by atoms with Gasteiger partial charge in [-0.3, -0.25) is 9.69 Å². The van der Waals surface area contributed by atoms with E-state index in [1.54, 1.807) is 4.88 Å². The highest BCUT2D eigenvalue weighted by Gasteiger charge is 2.57. The number of piperidine rings is 1. The molecule has 1 atom stereocenters. The predicted molar refractivity (Wildman–Crippen MR) is 89.0 cm³/mol. The highest BCUT2D eigenvalue weighted by atomic mass is 32.1. The average molecular weight is 319 g/mol. The molecule has 0 radical (unpaired) electrons. The van der Waals surface area contributed by atoms with Crippen molar-refractivity contribution in [3.8, 4) is 0 Å². The standard InChI is InChI=1S/C17H25N3OS/c21-16(14-11-17(14)3-5-18-6-4-17)19-7-9-20-8-1-15-13(12-20)2-10-22-15/h2,10,14,18H,1,3-9,11-12H2,(H,19,21). The summed E-state index contributed by atoms with van der Waals surface area (Å²) in [5, 5.41) is 8.77. The molecule has 2 aliphatic heterocycles. The average Bonchev–Trinajstić information content (AvgIpc) is 3.03. The number of nitrogens with zero attached hydrogens (tertiary/aromatic N) is 1. The Hall–Kier alpha value is -0.910. The third kappa shape index (κ3) is 2.82. The molecule has 1 saturated carbocycles. The van der Waals surface area contributed by atoms with Gasteiger partial charge >= 0.3 is 0 Å². The third-order valence-corrected chi connectivity index (χ3v) is 6.74. The molecule has 3 aliphatic rings. The minimum Gasteiger partial charge on any atom is -0.355 e. The maximum Gasteiger partial charge on any atom is 0.223 e. The van der Waals surface area contributed by atoms with Crippen LogP contribution in [0.2, 0.25) is 0 Å². The summed E-state index contributed by atoms with van der Waals surface area (Å²) < 4.78 is 0. The van der Waals surface area contributed by atoms with Crippen LogP contribution in [0.15, 0.2) is 11.4 Å². The second-order valence-electron chi connectivity index (χ2n) is 7.06. The quantitative estimate of drug-likeness (QED) is 0.886. The summed E-state index contributed by atoms with van der Waals surface area (Å²) >= 11 is 1.88. The molecular weight excluding hydrogens is 294 g/mol. The van der Waals surface area contributed by atoms with Crippen LogP contribution in [-0.2, 0) is 17.8 Å². The molecule has 3 heterocycles. The molecule has 1 unspecified atom stereocenters. The Balaban J connectivity index is 1.21. The van der Waals surface area contributed by atoms with E-state index in [9.17, 15) is 4.79 Å². The first-order valence-electron chi connectivity index (χ1n) is 8.53. The molecule has 1 aliphatic carbocycles. The van der Waals surface area contributed by atoms with Crippen molar-refractivity contribution in [2.24, 2.45) is 11.3 Å². The Labute approximate surface area is 136 Å². The molecule has 2 fully saturated rings. The molecule has 22 heavy (non-hydrogen) atoms. The number of nitrogens with one attached hydrogen (secondary N) is 2. The number of amides is 1. The van der Waals surface area contributed by atoms with Crippen molar-refractivity contribution in [1.82, 2.24) is 15.5 Å². The summed E-state index contributed by atoms with van der Waals surface area (Å²) in [6.45, 7) is 6.11. The van der Waals surface area contributed by atoms with Gasteiger partial charge in [-0.2, -0.15) is 0 Å². The lowest BCUT2D eigenvalue weighted by Crippen LogP contribution is -2.39. The van der Waals surface area contributed by atoms with Crippen LogP contribution in [0.3, 0.4) is 0 Å². The molecule has 120 valence electrons. The van der Waals surface area contributed by atoms with Gasteiger partial charge in [0.15, 0.2) is 0 Å². The van der Waals surface area contributed by atoms with Crippen LogP contribution in [0, 0.1) is 11.3 Å². The van der Waals surface area contributed by atoms with E-state index in [1.165, 1.54) is 24.8 Å². The van der Waals surface area contributed by atoms with E-state index >= 15 is 0 Å². The minimum absolute atomic E-state index is 0.291. The van der Waals surface area contributed by atoms with Crippen LogP contribution in [0.5, 0.6) is 0 Å². The molecule has 0 bridgehead atoms. The normalized spacial score (nSPS) is 26.6. The molecule has 1 amide bonds. The van der Waals surface area contributed by atoms with Crippen LogP contribution in [0.4, 0.5) is 0 Å². The topological polar surface area (TPSA) is 44.4 Å². The van der Waals surface area contributed by atoms with E-state index in [4.69, 9.17) is 0 Å². The largest absolute Gasteiger partial charge is 0.355 e. The zero-order valence-electron chi connectivity index (χ0n) is 13.1. The van der Waals surface area contributed by atoms with E-state index < -0.39 is 0 Å². The Bertz CT molecular complexity index is 550. The smallest absolute Gasteiger partial charge is 0.223 e. The van der Waals surface area contributed by atoms with Crippen LogP contribution in [0.1, 0.15) is 29.7 Å². The molecule has 1 spiro atoms. The monoisotopic (exact) mass is 319 g/mol. The van der Waals surface area contributed by atoms with Gasteiger partial charge < -0.3 is 10.6 Å². The number of fused-ring (bicyclic) bond motifs is 1. The lowest BCUT2D eigenvalue weighted by atomic mass is 9.92. The zero-order chi connectivity index (χ0) is 15.0. The second kappa shape index (κ2) is 5.95. The molecule has 5 heteroatoms. The number of rotatable bonds is 4. The van der Waals surface area contributed by atoms with Crippen molar-refractivity contribution in [2.75, 3.05) is 32.7 Å². The van der Waals surface area contributed by atoms with Crippen LogP contribution in [0.25, 0.3) is 0 Å². The molecule has 4 rings (SSSR count). The van der Waals surface area contributed by atoms with Crippen molar-refractivity contribution in [2.45, 2.75) is 32.2 Å². The lowest BCUT2D eigenvalue weighted by Gasteiger charge is -2.27. The van der Waals surface area contributed by atoms with E-state index in [1.807, 2.05) is 11.3 Å². The summed E-state index contributed by atoms with van der Waals surface area (Å²) in [7, 11) is 0. The van der Waals surface area contributed by atoms with Gasteiger partial charge in [0.25, 0.3) is 0 Å². The third-order valence-electron chi connectivity index (χ3n) is 5.72. The van der Waals surface area contributed by atoms with Gasteiger partial charge in [-0.15, -0.1) is 11.3 Å². The van der Waals surface area contributed by atoms with Crippen molar-refractivity contribution < 1.29 is 4.79 Å². The Morgan fingerprint density at radius 3 is 3.18 bits per heavy atom. The molecule has 1 saturated heterocycles. The fourth-order valence-electron chi connectivity index (χ4n) is 4.15. The fraction of sp³-hybridized carbons (Fsp3) is 0.706. The van der Waals surface area contributed by atoms with Gasteiger partial charge in [0.2, 0.25) is 5.91 Å². The molecule has 2 N–H and O–H groups in total. The first kappa shape index (κ1) is 14.7. The number of carbonyl (C=O) groups excluding carboxylic acids is 1. The molecule has 0 aromatic carbocycles. The van der Waals surface area contributed by atoms with Crippen molar-refractivity contribution in [3.05, 3.63) is 21.9 Å². The minimum atomic E-state index is 0.291. The Morgan fingerprint density at radius 2 is 2.32 bits per heavy atom. The maximum atomic E-state index is 12.3. The Kier molecular flexibility index (Phi) is 3.96. The van der Waals surface area contributed by atoms with Gasteiger partial charge in [-0.25, -0.2) is 0 Å². The fourth-order valence-corrected chi connectivity index (χ4v) is 5.04. The summed E-state index contributed by atoms with van der Waals surface area (Å²) in [4.78, 5) is 16.3. The van der Waals surface area contributed by atoms with Gasteiger partial charge in [0, 0.05) is 37.0 Å². The summed E-state index contributed by atoms with van der Waals surface area (Å²) in [5.41, 5.74) is 1.84. The SMILES string of the molecule is O=C(NCCN1CCc2sccc2C1)C1CC12CCNCC2. The molecule has 1 aromatic heterocycles. The Morgan fingerprint density at radius 1 is 1.45 bits per heavy atom. The number of hydrogen-bond acceptors (Lipinski definition) is 4. The maximum absolute atomic E-state index is 12.3. The van der Waals surface area contributed by atoms with Crippen LogP contribution < -0.4 is 10.6 Å². The van der Waals surface area contributed by atoms with Gasteiger partial charge in [0.1, 0.15) is 0 Å². The second-order valence-corrected chi connectivity index (χ2v) is 8.06. The van der Waals surface area contributed by atoms with E-state index in [2.05, 4.69) is 27.0 Å². The predicted octanol–water partition coefficient (Wildman–Crippen LogP) is 1.61. The van der Waals surface area contributed by atoms with Crippen LogP contribution in [-0.4, -0.2) is 43.5 Å². The number of thiophene rings is 1. The van der Waals surface area contributed by atoms with Crippen molar-refractivity contribution >= 4 is 17.2 Å². The zero-order valence-corrected chi connectivity index (χ0v) is 13.9. The number of carbonyl (C=O) groups is 1. The van der Waals surface area contributed by atoms with E-state index in [0.29, 0.717) is 17.2 Å². The lowest BCUT2D eigenvalue weighted by molar-refractivity contribution is -0.123. The highest BCUT2D eigenvalue weighted by Crippen LogP contribution is 2.58. The summed E-state index contributed by atoms with van der Waals surface area (Å²) in [6, 6.07) is 2.25. The summed E-state index contributed by atoms with van der Waals surface area (Å²) in [6.07, 6.45) is 4.64. The first-order chi connectivity index (χ1) is 10.8. The molecule has 4 nitrogen and oxygen atoms in total.